The fourth-order valence-electron chi connectivity index (χ4n) is 0.851. The summed E-state index contributed by atoms with van der Waals surface area (Å²) in [7, 11) is 0. The van der Waals surface area contributed by atoms with Crippen LogP contribution in [0.4, 0.5) is 17.6 Å². The minimum Gasteiger partial charge on any atom is -0.376 e. The minimum absolute atomic E-state index is 0.540. The van der Waals surface area contributed by atoms with Gasteiger partial charge in [0.25, 0.3) is 0 Å². The van der Waals surface area contributed by atoms with Gasteiger partial charge in [-0.2, -0.15) is 17.6 Å². The maximum absolute atomic E-state index is 12.6. The van der Waals surface area contributed by atoms with E-state index in [9.17, 15) is 22.7 Å². The van der Waals surface area contributed by atoms with Crippen molar-refractivity contribution < 1.29 is 22.7 Å². The van der Waals surface area contributed by atoms with Crippen LogP contribution in [0.3, 0.4) is 0 Å². The SMILES string of the molecule is CC(O)(c1cnc(F)c(Cl)c1)C(F)(F)F. The number of hydrogen-bond donors (Lipinski definition) is 1. The Bertz CT molecular complexity index is 377. The Kier molecular flexibility index (Phi) is 2.93. The zero-order chi connectivity index (χ0) is 11.9. The fourth-order valence-corrected chi connectivity index (χ4v) is 1.02. The largest absolute Gasteiger partial charge is 0.421 e. The number of aliphatic hydroxyl groups is 1. The predicted octanol–water partition coefficient (Wildman–Crippen LogP) is 2.64. The van der Waals surface area contributed by atoms with Crippen LogP contribution in [0.5, 0.6) is 0 Å². The molecule has 7 heteroatoms. The first-order valence-electron chi connectivity index (χ1n) is 3.77. The molecule has 0 radical (unpaired) electrons. The number of halogens is 5. The van der Waals surface area contributed by atoms with Crippen LogP contribution < -0.4 is 0 Å². The molecule has 1 aromatic heterocycles. The lowest BCUT2D eigenvalue weighted by Gasteiger charge is -2.26. The Morgan fingerprint density at radius 3 is 2.33 bits per heavy atom. The van der Waals surface area contributed by atoms with Gasteiger partial charge in [-0.1, -0.05) is 11.6 Å². The smallest absolute Gasteiger partial charge is 0.376 e. The highest BCUT2D eigenvalue weighted by Gasteiger charge is 2.51. The van der Waals surface area contributed by atoms with E-state index in [1.165, 1.54) is 0 Å². The number of nitrogens with zero attached hydrogens (tertiary/aromatic N) is 1. The van der Waals surface area contributed by atoms with Crippen LogP contribution in [0.15, 0.2) is 12.3 Å². The van der Waals surface area contributed by atoms with E-state index >= 15 is 0 Å². The number of pyridine rings is 1. The molecule has 15 heavy (non-hydrogen) atoms. The van der Waals surface area contributed by atoms with E-state index in [-0.39, 0.29) is 0 Å². The Morgan fingerprint density at radius 2 is 1.93 bits per heavy atom. The standard InChI is InChI=1S/C8H6ClF4NO/c1-7(15,8(11,12)13)4-2-5(9)6(10)14-3-4/h2-3,15H,1H3. The maximum Gasteiger partial charge on any atom is 0.421 e. The van der Waals surface area contributed by atoms with E-state index < -0.39 is 28.3 Å². The Balaban J connectivity index is 3.22. The second kappa shape index (κ2) is 3.61. The van der Waals surface area contributed by atoms with E-state index in [2.05, 4.69) is 4.98 Å². The fraction of sp³-hybridized carbons (Fsp3) is 0.375. The molecule has 1 aromatic rings. The molecule has 0 spiro atoms. The summed E-state index contributed by atoms with van der Waals surface area (Å²) in [5.41, 5.74) is -3.71. The van der Waals surface area contributed by atoms with Crippen LogP contribution >= 0.6 is 11.6 Å². The summed E-state index contributed by atoms with van der Waals surface area (Å²) in [4.78, 5) is 3.00. The Hall–Kier alpha value is -0.880. The second-order valence-electron chi connectivity index (χ2n) is 3.07. The van der Waals surface area contributed by atoms with Crippen molar-refractivity contribution in [3.63, 3.8) is 0 Å². The zero-order valence-corrected chi connectivity index (χ0v) is 8.19. The number of hydrogen-bond acceptors (Lipinski definition) is 2. The van der Waals surface area contributed by atoms with Gasteiger partial charge in [0, 0.05) is 11.8 Å². The molecular formula is C8H6ClF4NO. The second-order valence-corrected chi connectivity index (χ2v) is 3.47. The van der Waals surface area contributed by atoms with Gasteiger partial charge in [0.2, 0.25) is 5.95 Å². The third kappa shape index (κ3) is 2.21. The molecule has 1 unspecified atom stereocenters. The molecule has 0 bridgehead atoms. The topological polar surface area (TPSA) is 33.1 Å². The van der Waals surface area contributed by atoms with Gasteiger partial charge in [0.15, 0.2) is 5.60 Å². The summed E-state index contributed by atoms with van der Waals surface area (Å²) in [6.07, 6.45) is -4.29. The molecule has 0 saturated carbocycles. The van der Waals surface area contributed by atoms with Crippen molar-refractivity contribution >= 4 is 11.6 Å². The quantitative estimate of drug-likeness (QED) is 0.608. The first-order chi connectivity index (χ1) is 6.66. The van der Waals surface area contributed by atoms with Gasteiger partial charge < -0.3 is 5.11 Å². The highest BCUT2D eigenvalue weighted by molar-refractivity contribution is 6.30. The molecule has 0 saturated heterocycles. The lowest BCUT2D eigenvalue weighted by molar-refractivity contribution is -0.259. The van der Waals surface area contributed by atoms with Crippen LogP contribution in [0.25, 0.3) is 0 Å². The third-order valence-corrected chi connectivity index (χ3v) is 2.18. The summed E-state index contributed by atoms with van der Waals surface area (Å²) in [6.45, 7) is 0.540. The first kappa shape index (κ1) is 12.2. The van der Waals surface area contributed by atoms with Crippen LogP contribution in [-0.2, 0) is 5.60 Å². The summed E-state index contributed by atoms with van der Waals surface area (Å²) in [6, 6.07) is 0.692. The van der Waals surface area contributed by atoms with E-state index in [1.807, 2.05) is 0 Å². The highest BCUT2D eigenvalue weighted by Crippen LogP contribution is 2.38. The average Bonchev–Trinajstić information content (AvgIpc) is 2.07. The number of aromatic nitrogens is 1. The van der Waals surface area contributed by atoms with Gasteiger partial charge in [-0.05, 0) is 13.0 Å². The van der Waals surface area contributed by atoms with Gasteiger partial charge in [-0.3, -0.25) is 0 Å². The molecular weight excluding hydrogens is 238 g/mol. The molecule has 0 fully saturated rings. The van der Waals surface area contributed by atoms with Crippen molar-refractivity contribution in [3.8, 4) is 0 Å². The van der Waals surface area contributed by atoms with E-state index in [1.54, 1.807) is 0 Å². The number of rotatable bonds is 1. The molecule has 0 amide bonds. The van der Waals surface area contributed by atoms with Crippen molar-refractivity contribution in [1.29, 1.82) is 0 Å². The van der Waals surface area contributed by atoms with Crippen LogP contribution in [0, 0.1) is 5.95 Å². The molecule has 0 aromatic carbocycles. The van der Waals surface area contributed by atoms with E-state index in [4.69, 9.17) is 11.6 Å². The molecule has 0 aliphatic rings. The summed E-state index contributed by atoms with van der Waals surface area (Å²) < 4.78 is 49.6. The minimum atomic E-state index is -4.88. The lowest BCUT2D eigenvalue weighted by atomic mass is 9.97. The Morgan fingerprint density at radius 1 is 1.40 bits per heavy atom. The number of alkyl halides is 3. The van der Waals surface area contributed by atoms with Gasteiger partial charge in [0.1, 0.15) is 0 Å². The summed E-state index contributed by atoms with van der Waals surface area (Å²) >= 11 is 5.25. The average molecular weight is 244 g/mol. The third-order valence-electron chi connectivity index (χ3n) is 1.91. The van der Waals surface area contributed by atoms with Crippen LogP contribution in [0.1, 0.15) is 12.5 Å². The van der Waals surface area contributed by atoms with Crippen molar-refractivity contribution in [2.75, 3.05) is 0 Å². The van der Waals surface area contributed by atoms with Crippen LogP contribution in [0.2, 0.25) is 5.02 Å². The first-order valence-corrected chi connectivity index (χ1v) is 4.14. The van der Waals surface area contributed by atoms with Gasteiger partial charge in [-0.25, -0.2) is 4.98 Å². The molecule has 0 aliphatic carbocycles. The van der Waals surface area contributed by atoms with Crippen molar-refractivity contribution in [2.24, 2.45) is 0 Å². The molecule has 1 N–H and O–H groups in total. The monoisotopic (exact) mass is 243 g/mol. The molecule has 1 atom stereocenters. The molecule has 0 aliphatic heterocycles. The molecule has 84 valence electrons. The highest BCUT2D eigenvalue weighted by atomic mass is 35.5. The lowest BCUT2D eigenvalue weighted by Crippen LogP contribution is -2.39. The van der Waals surface area contributed by atoms with Crippen molar-refractivity contribution in [1.82, 2.24) is 4.98 Å². The van der Waals surface area contributed by atoms with E-state index in [0.29, 0.717) is 19.2 Å². The van der Waals surface area contributed by atoms with Gasteiger partial charge in [0.05, 0.1) is 5.02 Å². The normalized spacial score (nSPS) is 16.2. The van der Waals surface area contributed by atoms with Crippen molar-refractivity contribution in [3.05, 3.63) is 28.8 Å². The van der Waals surface area contributed by atoms with Gasteiger partial charge >= 0.3 is 6.18 Å². The maximum atomic E-state index is 12.6. The Labute approximate surface area is 87.5 Å². The van der Waals surface area contributed by atoms with Crippen LogP contribution in [-0.4, -0.2) is 16.3 Å². The zero-order valence-electron chi connectivity index (χ0n) is 7.44. The molecule has 1 heterocycles. The van der Waals surface area contributed by atoms with Gasteiger partial charge in [-0.15, -0.1) is 0 Å². The summed E-state index contributed by atoms with van der Waals surface area (Å²) in [5.74, 6) is -1.08. The predicted molar refractivity (Wildman–Crippen MR) is 44.8 cm³/mol. The van der Waals surface area contributed by atoms with E-state index in [0.717, 1.165) is 0 Å². The molecule has 1 rings (SSSR count). The van der Waals surface area contributed by atoms with Crippen molar-refractivity contribution in [2.45, 2.75) is 18.7 Å². The molecule has 2 nitrogen and oxygen atoms in total. The summed E-state index contributed by atoms with van der Waals surface area (Å²) in [5, 5.41) is 8.62.